The number of hydrogen-bond donors (Lipinski definition) is 0. The van der Waals surface area contributed by atoms with Crippen molar-refractivity contribution in [3.63, 3.8) is 0 Å². The number of ether oxygens (including phenoxy) is 2. The Balaban J connectivity index is 2.06. The first kappa shape index (κ1) is 13.5. The summed E-state index contributed by atoms with van der Waals surface area (Å²) < 4.78 is 10.6. The Bertz CT molecular complexity index is 775. The molecule has 3 nitrogen and oxygen atoms in total. The van der Waals surface area contributed by atoms with Gasteiger partial charge < -0.3 is 9.47 Å². The number of halogens is 1. The van der Waals surface area contributed by atoms with Gasteiger partial charge in [0.05, 0.1) is 16.7 Å². The van der Waals surface area contributed by atoms with E-state index >= 15 is 0 Å². The van der Waals surface area contributed by atoms with Crippen LogP contribution in [0.15, 0.2) is 36.4 Å². The lowest BCUT2D eigenvalue weighted by atomic mass is 10.0. The molecule has 0 radical (unpaired) electrons. The Morgan fingerprint density at radius 3 is 2.71 bits per heavy atom. The largest absolute Gasteiger partial charge is 0.454 e. The second-order valence-electron chi connectivity index (χ2n) is 4.77. The second kappa shape index (κ2) is 5.51. The van der Waals surface area contributed by atoms with Crippen molar-refractivity contribution in [3.05, 3.63) is 58.1 Å². The number of fused-ring (bicyclic) bond motifs is 1. The molecule has 1 aliphatic heterocycles. The van der Waals surface area contributed by atoms with E-state index in [4.69, 9.17) is 21.1 Å². The van der Waals surface area contributed by atoms with Gasteiger partial charge in [0.1, 0.15) is 0 Å². The summed E-state index contributed by atoms with van der Waals surface area (Å²) in [5, 5.41) is 9.93. The van der Waals surface area contributed by atoms with Crippen molar-refractivity contribution >= 4 is 23.3 Å². The van der Waals surface area contributed by atoms with Crippen LogP contribution in [-0.2, 0) is 0 Å². The number of benzene rings is 2. The molecule has 0 unspecified atom stereocenters. The van der Waals surface area contributed by atoms with E-state index in [-0.39, 0.29) is 6.79 Å². The third-order valence-electron chi connectivity index (χ3n) is 3.24. The smallest absolute Gasteiger partial charge is 0.231 e. The fourth-order valence-electron chi connectivity index (χ4n) is 2.19. The number of rotatable bonds is 2. The van der Waals surface area contributed by atoms with Crippen molar-refractivity contribution < 1.29 is 9.47 Å². The average molecular weight is 298 g/mol. The summed E-state index contributed by atoms with van der Waals surface area (Å²) in [5.41, 5.74) is 3.26. The third kappa shape index (κ3) is 2.72. The predicted octanol–water partition coefficient (Wildman–Crippen LogP) is 4.44. The molecule has 2 aromatic rings. The molecule has 0 aliphatic carbocycles. The predicted molar refractivity (Wildman–Crippen MR) is 82.2 cm³/mol. The van der Waals surface area contributed by atoms with Gasteiger partial charge in [-0.15, -0.1) is 0 Å². The normalized spacial score (nSPS) is 13.1. The van der Waals surface area contributed by atoms with Crippen LogP contribution in [0.5, 0.6) is 11.5 Å². The summed E-state index contributed by atoms with van der Waals surface area (Å²) in [4.78, 5) is 0. The lowest BCUT2D eigenvalue weighted by Gasteiger charge is -2.04. The summed E-state index contributed by atoms with van der Waals surface area (Å²) in [5.74, 6) is 1.28. The van der Waals surface area contributed by atoms with Crippen LogP contribution >= 0.6 is 11.6 Å². The number of aryl methyl sites for hydroxylation is 1. The van der Waals surface area contributed by atoms with Gasteiger partial charge in [-0.25, -0.2) is 0 Å². The van der Waals surface area contributed by atoms with E-state index in [2.05, 4.69) is 6.07 Å². The number of hydrogen-bond acceptors (Lipinski definition) is 3. The highest BCUT2D eigenvalue weighted by Gasteiger charge is 2.16. The highest BCUT2D eigenvalue weighted by atomic mass is 35.5. The standard InChI is InChI=1S/C17H12ClNO2/c1-11-3-2-4-12(5-11)14(9-19)6-13-7-16-17(8-15(13)18)21-10-20-16/h2-8H,10H2,1H3. The Morgan fingerprint density at radius 1 is 1.24 bits per heavy atom. The quantitative estimate of drug-likeness (QED) is 0.608. The van der Waals surface area contributed by atoms with E-state index in [1.54, 1.807) is 18.2 Å². The molecule has 0 amide bonds. The van der Waals surface area contributed by atoms with Crippen molar-refractivity contribution in [1.82, 2.24) is 0 Å². The summed E-state index contributed by atoms with van der Waals surface area (Å²) in [7, 11) is 0. The van der Waals surface area contributed by atoms with Gasteiger partial charge in [0.2, 0.25) is 6.79 Å². The first-order valence-electron chi connectivity index (χ1n) is 6.45. The lowest BCUT2D eigenvalue weighted by molar-refractivity contribution is 0.174. The van der Waals surface area contributed by atoms with Crippen molar-refractivity contribution in [2.45, 2.75) is 6.92 Å². The Kier molecular flexibility index (Phi) is 3.55. The van der Waals surface area contributed by atoms with Crippen LogP contribution in [-0.4, -0.2) is 6.79 Å². The third-order valence-corrected chi connectivity index (χ3v) is 3.57. The van der Waals surface area contributed by atoms with Gasteiger partial charge in [-0.05, 0) is 30.2 Å². The molecule has 2 aromatic carbocycles. The van der Waals surface area contributed by atoms with Gasteiger partial charge in [0.25, 0.3) is 0 Å². The zero-order valence-electron chi connectivity index (χ0n) is 11.4. The molecule has 1 aliphatic rings. The zero-order chi connectivity index (χ0) is 14.8. The molecule has 4 heteroatoms. The molecule has 0 saturated heterocycles. The van der Waals surface area contributed by atoms with Crippen molar-refractivity contribution in [2.24, 2.45) is 0 Å². The fourth-order valence-corrected chi connectivity index (χ4v) is 2.40. The SMILES string of the molecule is Cc1cccc(C(C#N)=Cc2cc3c(cc2Cl)OCO3)c1. The highest BCUT2D eigenvalue weighted by molar-refractivity contribution is 6.32. The van der Waals surface area contributed by atoms with E-state index in [9.17, 15) is 5.26 Å². The number of nitriles is 1. The molecular weight excluding hydrogens is 286 g/mol. The monoisotopic (exact) mass is 297 g/mol. The van der Waals surface area contributed by atoms with Crippen molar-refractivity contribution in [2.75, 3.05) is 6.79 Å². The maximum Gasteiger partial charge on any atom is 0.231 e. The van der Waals surface area contributed by atoms with Crippen molar-refractivity contribution in [1.29, 1.82) is 5.26 Å². The first-order chi connectivity index (χ1) is 10.2. The van der Waals surface area contributed by atoms with Gasteiger partial charge in [0.15, 0.2) is 11.5 Å². The van der Waals surface area contributed by atoms with Crippen LogP contribution < -0.4 is 9.47 Å². The van der Waals surface area contributed by atoms with E-state index < -0.39 is 0 Å². The van der Waals surface area contributed by atoms with Crippen LogP contribution in [0.4, 0.5) is 0 Å². The van der Waals surface area contributed by atoms with E-state index in [1.165, 1.54) is 0 Å². The minimum atomic E-state index is 0.196. The van der Waals surface area contributed by atoms with E-state index in [0.717, 1.165) is 16.7 Å². The molecule has 1 heterocycles. The molecule has 3 rings (SSSR count). The van der Waals surface area contributed by atoms with Crippen LogP contribution in [0.2, 0.25) is 5.02 Å². The van der Waals surface area contributed by atoms with E-state index in [0.29, 0.717) is 22.1 Å². The maximum absolute atomic E-state index is 9.40. The van der Waals surface area contributed by atoms with Gasteiger partial charge in [0, 0.05) is 6.07 Å². The Hall–Kier alpha value is -2.44. The van der Waals surface area contributed by atoms with Crippen LogP contribution in [0, 0.1) is 18.3 Å². The maximum atomic E-state index is 9.40. The molecular formula is C17H12ClNO2. The minimum absolute atomic E-state index is 0.196. The van der Waals surface area contributed by atoms with Crippen LogP contribution in [0.25, 0.3) is 11.6 Å². The highest BCUT2D eigenvalue weighted by Crippen LogP contribution is 2.38. The first-order valence-corrected chi connectivity index (χ1v) is 6.83. The molecule has 0 bridgehead atoms. The average Bonchev–Trinajstić information content (AvgIpc) is 2.91. The minimum Gasteiger partial charge on any atom is -0.454 e. The van der Waals surface area contributed by atoms with Gasteiger partial charge in [-0.1, -0.05) is 41.4 Å². The number of nitrogens with zero attached hydrogens (tertiary/aromatic N) is 1. The Labute approximate surface area is 128 Å². The Morgan fingerprint density at radius 2 is 2.00 bits per heavy atom. The summed E-state index contributed by atoms with van der Waals surface area (Å²) in [6, 6.07) is 13.5. The van der Waals surface area contributed by atoms with Gasteiger partial charge in [-0.3, -0.25) is 0 Å². The van der Waals surface area contributed by atoms with E-state index in [1.807, 2.05) is 31.2 Å². The summed E-state index contributed by atoms with van der Waals surface area (Å²) in [6.45, 7) is 2.19. The molecule has 0 atom stereocenters. The molecule has 104 valence electrons. The van der Waals surface area contributed by atoms with Crippen molar-refractivity contribution in [3.8, 4) is 17.6 Å². The topological polar surface area (TPSA) is 42.2 Å². The molecule has 0 saturated carbocycles. The summed E-state index contributed by atoms with van der Waals surface area (Å²) in [6.07, 6.45) is 1.76. The molecule has 0 spiro atoms. The lowest BCUT2D eigenvalue weighted by Crippen LogP contribution is -1.92. The second-order valence-corrected chi connectivity index (χ2v) is 5.17. The molecule has 0 aromatic heterocycles. The fraction of sp³-hybridized carbons (Fsp3) is 0.118. The van der Waals surface area contributed by atoms with Gasteiger partial charge in [-0.2, -0.15) is 5.26 Å². The molecule has 0 fully saturated rings. The van der Waals surface area contributed by atoms with Crippen LogP contribution in [0.1, 0.15) is 16.7 Å². The number of allylic oxidation sites excluding steroid dienone is 1. The van der Waals surface area contributed by atoms with Crippen LogP contribution in [0.3, 0.4) is 0 Å². The zero-order valence-corrected chi connectivity index (χ0v) is 12.1. The van der Waals surface area contributed by atoms with Gasteiger partial charge >= 0.3 is 0 Å². The molecule has 0 N–H and O–H groups in total. The summed E-state index contributed by atoms with van der Waals surface area (Å²) >= 11 is 6.24. The molecule has 21 heavy (non-hydrogen) atoms.